The molecule has 0 unspecified atom stereocenters. The number of hydrogen-bond acceptors (Lipinski definition) is 4. The Morgan fingerprint density at radius 2 is 1.96 bits per heavy atom. The van der Waals surface area contributed by atoms with Crippen molar-refractivity contribution in [2.45, 2.75) is 75.5 Å². The Hall–Kier alpha value is -1.46. The van der Waals surface area contributed by atoms with Crippen LogP contribution in [0.1, 0.15) is 63.0 Å². The van der Waals surface area contributed by atoms with Gasteiger partial charge in [0, 0.05) is 36.3 Å². The Bertz CT molecular complexity index is 597. The van der Waals surface area contributed by atoms with Crippen molar-refractivity contribution in [2.24, 2.45) is 11.7 Å². The lowest BCUT2D eigenvalue weighted by Gasteiger charge is -2.41. The van der Waals surface area contributed by atoms with Gasteiger partial charge in [-0.3, -0.25) is 9.78 Å². The predicted molar refractivity (Wildman–Crippen MR) is 101 cm³/mol. The van der Waals surface area contributed by atoms with Gasteiger partial charge in [0.15, 0.2) is 0 Å². The number of carbonyl (C=O) groups excluding carboxylic acids is 1. The molecule has 1 aromatic heterocycles. The number of carbonyl (C=O) groups is 1. The zero-order valence-electron chi connectivity index (χ0n) is 15.6. The molecule has 2 aliphatic carbocycles. The summed E-state index contributed by atoms with van der Waals surface area (Å²) in [4.78, 5) is 19.1. The molecule has 4 rings (SSSR count). The molecule has 2 atom stereocenters. The van der Waals surface area contributed by atoms with Crippen LogP contribution in [-0.4, -0.2) is 47.1 Å². The Morgan fingerprint density at radius 1 is 1.15 bits per heavy atom. The first-order valence-electron chi connectivity index (χ1n) is 10.3. The Kier molecular flexibility index (Phi) is 5.55. The van der Waals surface area contributed by atoms with Crippen molar-refractivity contribution >= 4 is 5.91 Å². The lowest BCUT2D eigenvalue weighted by molar-refractivity contribution is -0.139. The molecule has 5 nitrogen and oxygen atoms in total. The summed E-state index contributed by atoms with van der Waals surface area (Å²) in [6.45, 7) is 1.45. The third-order valence-electron chi connectivity index (χ3n) is 6.32. The minimum Gasteiger partial charge on any atom is -0.376 e. The zero-order valence-corrected chi connectivity index (χ0v) is 15.6. The summed E-state index contributed by atoms with van der Waals surface area (Å²) in [7, 11) is 0. The highest BCUT2D eigenvalue weighted by molar-refractivity contribution is 5.81. The lowest BCUT2D eigenvalue weighted by atomic mass is 9.85. The van der Waals surface area contributed by atoms with E-state index in [1.807, 2.05) is 17.2 Å². The number of piperidine rings is 1. The Labute approximate surface area is 156 Å². The van der Waals surface area contributed by atoms with Crippen LogP contribution >= 0.6 is 0 Å². The van der Waals surface area contributed by atoms with Gasteiger partial charge in [0.25, 0.3) is 0 Å². The number of aromatic nitrogens is 1. The SMILES string of the molecule is N[C@H]1CCCN(C(=O)C2CC2)[C@H]1COC1CCC(c2ccccn2)CC1. The van der Waals surface area contributed by atoms with Gasteiger partial charge < -0.3 is 15.4 Å². The molecule has 2 N–H and O–H groups in total. The molecule has 2 saturated carbocycles. The number of ether oxygens (including phenoxy) is 1. The second-order valence-electron chi connectivity index (χ2n) is 8.24. The van der Waals surface area contributed by atoms with Crippen LogP contribution in [0.15, 0.2) is 24.4 Å². The van der Waals surface area contributed by atoms with Crippen molar-refractivity contribution in [3.8, 4) is 0 Å². The first kappa shape index (κ1) is 17.9. The van der Waals surface area contributed by atoms with Crippen LogP contribution < -0.4 is 5.73 Å². The molecule has 3 aliphatic rings. The van der Waals surface area contributed by atoms with E-state index in [0.29, 0.717) is 24.5 Å². The summed E-state index contributed by atoms with van der Waals surface area (Å²) >= 11 is 0. The average molecular weight is 357 g/mol. The molecule has 142 valence electrons. The third-order valence-corrected chi connectivity index (χ3v) is 6.32. The summed E-state index contributed by atoms with van der Waals surface area (Å²) < 4.78 is 6.26. The monoisotopic (exact) mass is 357 g/mol. The van der Waals surface area contributed by atoms with Gasteiger partial charge in [0.05, 0.1) is 18.8 Å². The number of likely N-dealkylation sites (tertiary alicyclic amines) is 1. The van der Waals surface area contributed by atoms with Crippen LogP contribution in [0.3, 0.4) is 0 Å². The fraction of sp³-hybridized carbons (Fsp3) is 0.714. The van der Waals surface area contributed by atoms with Crippen molar-refractivity contribution in [2.75, 3.05) is 13.2 Å². The summed E-state index contributed by atoms with van der Waals surface area (Å²) in [6, 6.07) is 6.29. The summed E-state index contributed by atoms with van der Waals surface area (Å²) in [5.41, 5.74) is 7.57. The molecule has 1 amide bonds. The van der Waals surface area contributed by atoms with E-state index in [9.17, 15) is 4.79 Å². The van der Waals surface area contributed by atoms with Gasteiger partial charge in [-0.2, -0.15) is 0 Å². The van der Waals surface area contributed by atoms with Crippen LogP contribution in [0.25, 0.3) is 0 Å². The van der Waals surface area contributed by atoms with Crippen molar-refractivity contribution in [3.05, 3.63) is 30.1 Å². The molecule has 0 bridgehead atoms. The number of hydrogen-bond donors (Lipinski definition) is 1. The average Bonchev–Trinajstić information content (AvgIpc) is 3.53. The van der Waals surface area contributed by atoms with Crippen LogP contribution in [-0.2, 0) is 9.53 Å². The maximum absolute atomic E-state index is 12.6. The summed E-state index contributed by atoms with van der Waals surface area (Å²) in [6.07, 6.45) is 10.7. The highest BCUT2D eigenvalue weighted by Gasteiger charge is 2.40. The van der Waals surface area contributed by atoms with Crippen molar-refractivity contribution in [3.63, 3.8) is 0 Å². The maximum Gasteiger partial charge on any atom is 0.226 e. The maximum atomic E-state index is 12.6. The van der Waals surface area contributed by atoms with Gasteiger partial charge in [0.2, 0.25) is 5.91 Å². The molecule has 26 heavy (non-hydrogen) atoms. The van der Waals surface area contributed by atoms with E-state index in [2.05, 4.69) is 17.1 Å². The van der Waals surface area contributed by atoms with Gasteiger partial charge in [-0.05, 0) is 63.5 Å². The van der Waals surface area contributed by atoms with E-state index in [0.717, 1.165) is 57.9 Å². The van der Waals surface area contributed by atoms with E-state index < -0.39 is 0 Å². The minimum atomic E-state index is 0.0521. The fourth-order valence-electron chi connectivity index (χ4n) is 4.52. The smallest absolute Gasteiger partial charge is 0.226 e. The largest absolute Gasteiger partial charge is 0.376 e. The molecule has 0 radical (unpaired) electrons. The van der Waals surface area contributed by atoms with Crippen LogP contribution in [0.4, 0.5) is 0 Å². The number of rotatable bonds is 5. The molecular formula is C21H31N3O2. The van der Waals surface area contributed by atoms with Crippen molar-refractivity contribution in [1.82, 2.24) is 9.88 Å². The number of nitrogens with two attached hydrogens (primary N) is 1. The third kappa shape index (κ3) is 4.09. The van der Waals surface area contributed by atoms with Crippen LogP contribution in [0, 0.1) is 5.92 Å². The molecule has 1 saturated heterocycles. The number of nitrogens with zero attached hydrogens (tertiary/aromatic N) is 2. The molecule has 2 heterocycles. The van der Waals surface area contributed by atoms with Gasteiger partial charge in [-0.25, -0.2) is 0 Å². The standard InChI is InChI=1S/C21H31N3O2/c22-18-4-3-13-24(21(25)16-6-7-16)20(18)14-26-17-10-8-15(9-11-17)19-5-1-2-12-23-19/h1-2,5,12,15-18,20H,3-4,6-11,13-14,22H2/t15?,17?,18-,20-/m0/s1. The second kappa shape index (κ2) is 8.05. The summed E-state index contributed by atoms with van der Waals surface area (Å²) in [5, 5.41) is 0. The lowest BCUT2D eigenvalue weighted by Crippen LogP contribution is -2.57. The van der Waals surface area contributed by atoms with E-state index in [-0.39, 0.29) is 18.0 Å². The van der Waals surface area contributed by atoms with Crippen molar-refractivity contribution in [1.29, 1.82) is 0 Å². The van der Waals surface area contributed by atoms with Gasteiger partial charge >= 0.3 is 0 Å². The van der Waals surface area contributed by atoms with Crippen LogP contribution in [0.2, 0.25) is 0 Å². The highest BCUT2D eigenvalue weighted by atomic mass is 16.5. The number of amides is 1. The Morgan fingerprint density at radius 3 is 2.65 bits per heavy atom. The van der Waals surface area contributed by atoms with Gasteiger partial charge in [0.1, 0.15) is 0 Å². The van der Waals surface area contributed by atoms with E-state index in [1.165, 1.54) is 5.69 Å². The van der Waals surface area contributed by atoms with E-state index >= 15 is 0 Å². The topological polar surface area (TPSA) is 68.5 Å². The van der Waals surface area contributed by atoms with Crippen molar-refractivity contribution < 1.29 is 9.53 Å². The molecular weight excluding hydrogens is 326 g/mol. The Balaban J connectivity index is 1.28. The normalized spacial score (nSPS) is 32.4. The quantitative estimate of drug-likeness (QED) is 0.880. The van der Waals surface area contributed by atoms with Gasteiger partial charge in [-0.1, -0.05) is 6.07 Å². The molecule has 1 aromatic rings. The van der Waals surface area contributed by atoms with Crippen LogP contribution in [0.5, 0.6) is 0 Å². The van der Waals surface area contributed by atoms with E-state index in [4.69, 9.17) is 10.5 Å². The predicted octanol–water partition coefficient (Wildman–Crippen LogP) is 2.85. The summed E-state index contributed by atoms with van der Waals surface area (Å²) in [5.74, 6) is 1.13. The molecule has 0 aromatic carbocycles. The first-order valence-corrected chi connectivity index (χ1v) is 10.3. The molecule has 3 fully saturated rings. The second-order valence-corrected chi connectivity index (χ2v) is 8.24. The highest BCUT2D eigenvalue weighted by Crippen LogP contribution is 2.35. The zero-order chi connectivity index (χ0) is 17.9. The molecule has 0 spiro atoms. The first-order chi connectivity index (χ1) is 12.7. The fourth-order valence-corrected chi connectivity index (χ4v) is 4.52. The molecule has 5 heteroatoms. The molecule has 1 aliphatic heterocycles. The number of pyridine rings is 1. The van der Waals surface area contributed by atoms with Gasteiger partial charge in [-0.15, -0.1) is 0 Å². The van der Waals surface area contributed by atoms with E-state index in [1.54, 1.807) is 0 Å². The minimum absolute atomic E-state index is 0.0521.